The van der Waals surface area contributed by atoms with Crippen LogP contribution in [0.1, 0.15) is 73.1 Å². The van der Waals surface area contributed by atoms with Crippen molar-refractivity contribution in [3.05, 3.63) is 0 Å². The van der Waals surface area contributed by atoms with E-state index in [9.17, 15) is 0 Å². The van der Waals surface area contributed by atoms with Crippen LogP contribution >= 0.6 is 0 Å². The van der Waals surface area contributed by atoms with Crippen molar-refractivity contribution < 1.29 is 4.74 Å². The highest BCUT2D eigenvalue weighted by Crippen LogP contribution is 2.39. The Morgan fingerprint density at radius 1 is 1.26 bits per heavy atom. The minimum absolute atomic E-state index is 0.381. The van der Waals surface area contributed by atoms with Crippen LogP contribution in [0.5, 0.6) is 0 Å². The molecule has 0 aromatic rings. The van der Waals surface area contributed by atoms with E-state index in [2.05, 4.69) is 39.9 Å². The number of nitrogens with one attached hydrogen (secondary N) is 1. The van der Waals surface area contributed by atoms with Gasteiger partial charge in [-0.2, -0.15) is 0 Å². The lowest BCUT2D eigenvalue weighted by molar-refractivity contribution is 0.00481. The van der Waals surface area contributed by atoms with Crippen molar-refractivity contribution in [3.63, 3.8) is 0 Å². The predicted molar refractivity (Wildman–Crippen MR) is 83.5 cm³/mol. The van der Waals surface area contributed by atoms with E-state index >= 15 is 0 Å². The van der Waals surface area contributed by atoms with Gasteiger partial charge in [-0.15, -0.1) is 0 Å². The fourth-order valence-corrected chi connectivity index (χ4v) is 3.30. The van der Waals surface area contributed by atoms with Crippen molar-refractivity contribution >= 4 is 0 Å². The van der Waals surface area contributed by atoms with Crippen LogP contribution in [0.3, 0.4) is 0 Å². The summed E-state index contributed by atoms with van der Waals surface area (Å²) in [6.45, 7) is 13.5. The maximum Gasteiger partial charge on any atom is 0.0733 e. The third-order valence-electron chi connectivity index (χ3n) is 4.80. The Morgan fingerprint density at radius 2 is 2.00 bits per heavy atom. The second kappa shape index (κ2) is 8.26. The molecular formula is C17H35NO. The second-order valence-corrected chi connectivity index (χ2v) is 6.85. The summed E-state index contributed by atoms with van der Waals surface area (Å²) in [5.74, 6) is 0.755. The van der Waals surface area contributed by atoms with Gasteiger partial charge < -0.3 is 10.1 Å². The topological polar surface area (TPSA) is 21.3 Å². The van der Waals surface area contributed by atoms with Gasteiger partial charge in [0.1, 0.15) is 0 Å². The smallest absolute Gasteiger partial charge is 0.0733 e. The SMILES string of the molecule is CCCCC(CC)COC1CCC(C)(C)C1NCC. The lowest BCUT2D eigenvalue weighted by Crippen LogP contribution is -2.45. The maximum absolute atomic E-state index is 6.29. The minimum atomic E-state index is 0.381. The summed E-state index contributed by atoms with van der Waals surface area (Å²) in [7, 11) is 0. The number of unbranched alkanes of at least 4 members (excludes halogenated alkanes) is 1. The minimum Gasteiger partial charge on any atom is -0.376 e. The molecule has 0 spiro atoms. The van der Waals surface area contributed by atoms with E-state index in [4.69, 9.17) is 4.74 Å². The van der Waals surface area contributed by atoms with Crippen molar-refractivity contribution in [2.24, 2.45) is 11.3 Å². The Bertz CT molecular complexity index is 239. The van der Waals surface area contributed by atoms with Crippen LogP contribution in [-0.4, -0.2) is 25.3 Å². The molecule has 0 aromatic heterocycles. The Kier molecular flexibility index (Phi) is 7.38. The molecule has 19 heavy (non-hydrogen) atoms. The highest BCUT2D eigenvalue weighted by Gasteiger charge is 2.42. The molecule has 3 unspecified atom stereocenters. The average molecular weight is 269 g/mol. The van der Waals surface area contributed by atoms with Gasteiger partial charge in [-0.25, -0.2) is 0 Å². The van der Waals surface area contributed by atoms with Crippen molar-refractivity contribution in [1.82, 2.24) is 5.32 Å². The Hall–Kier alpha value is -0.0800. The summed E-state index contributed by atoms with van der Waals surface area (Å²) in [5, 5.41) is 3.64. The van der Waals surface area contributed by atoms with Gasteiger partial charge in [-0.3, -0.25) is 0 Å². The molecule has 1 fully saturated rings. The first-order chi connectivity index (χ1) is 9.05. The van der Waals surface area contributed by atoms with Gasteiger partial charge in [0.15, 0.2) is 0 Å². The third-order valence-corrected chi connectivity index (χ3v) is 4.80. The number of ether oxygens (including phenoxy) is 1. The van der Waals surface area contributed by atoms with E-state index in [0.717, 1.165) is 19.1 Å². The van der Waals surface area contributed by atoms with Gasteiger partial charge in [0.25, 0.3) is 0 Å². The van der Waals surface area contributed by atoms with Crippen LogP contribution in [0.2, 0.25) is 0 Å². The average Bonchev–Trinajstić information content (AvgIpc) is 2.67. The van der Waals surface area contributed by atoms with Gasteiger partial charge in [-0.1, -0.05) is 53.9 Å². The fourth-order valence-electron chi connectivity index (χ4n) is 3.30. The molecule has 1 rings (SSSR count). The zero-order valence-corrected chi connectivity index (χ0v) is 13.8. The molecule has 0 saturated heterocycles. The monoisotopic (exact) mass is 269 g/mol. The molecule has 2 nitrogen and oxygen atoms in total. The van der Waals surface area contributed by atoms with E-state index in [1.54, 1.807) is 0 Å². The number of likely N-dealkylation sites (N-methyl/N-ethyl adjacent to an activating group) is 1. The quantitative estimate of drug-likeness (QED) is 0.670. The summed E-state index contributed by atoms with van der Waals surface area (Å²) in [6.07, 6.45) is 8.14. The fraction of sp³-hybridized carbons (Fsp3) is 1.00. The van der Waals surface area contributed by atoms with Crippen molar-refractivity contribution in [3.8, 4) is 0 Å². The summed E-state index contributed by atoms with van der Waals surface area (Å²) in [4.78, 5) is 0. The summed E-state index contributed by atoms with van der Waals surface area (Å²) in [5.41, 5.74) is 0.381. The highest BCUT2D eigenvalue weighted by atomic mass is 16.5. The van der Waals surface area contributed by atoms with Gasteiger partial charge in [0.05, 0.1) is 6.10 Å². The first kappa shape index (κ1) is 17.0. The predicted octanol–water partition coefficient (Wildman–Crippen LogP) is 4.39. The zero-order chi connectivity index (χ0) is 14.3. The van der Waals surface area contributed by atoms with Crippen molar-refractivity contribution in [1.29, 1.82) is 0 Å². The van der Waals surface area contributed by atoms with Crippen LogP contribution in [0, 0.1) is 11.3 Å². The van der Waals surface area contributed by atoms with Gasteiger partial charge >= 0.3 is 0 Å². The molecule has 0 aliphatic heterocycles. The van der Waals surface area contributed by atoms with Crippen LogP contribution in [0.15, 0.2) is 0 Å². The maximum atomic E-state index is 6.29. The molecule has 0 bridgehead atoms. The molecule has 0 amide bonds. The molecule has 0 radical (unpaired) electrons. The Morgan fingerprint density at radius 3 is 2.58 bits per heavy atom. The number of rotatable bonds is 9. The van der Waals surface area contributed by atoms with Crippen molar-refractivity contribution in [2.75, 3.05) is 13.2 Å². The van der Waals surface area contributed by atoms with Crippen LogP contribution in [0.25, 0.3) is 0 Å². The largest absolute Gasteiger partial charge is 0.376 e. The second-order valence-electron chi connectivity index (χ2n) is 6.85. The third kappa shape index (κ3) is 5.07. The normalized spacial score (nSPS) is 27.6. The molecule has 1 aliphatic rings. The zero-order valence-electron chi connectivity index (χ0n) is 13.8. The van der Waals surface area contributed by atoms with E-state index in [1.807, 2.05) is 0 Å². The van der Waals surface area contributed by atoms with Gasteiger partial charge in [0.2, 0.25) is 0 Å². The number of hydrogen-bond donors (Lipinski definition) is 1. The molecule has 1 saturated carbocycles. The van der Waals surface area contributed by atoms with E-state index in [-0.39, 0.29) is 0 Å². The lowest BCUT2D eigenvalue weighted by Gasteiger charge is -2.32. The Labute approximate surface area is 120 Å². The molecule has 0 aromatic carbocycles. The summed E-state index contributed by atoms with van der Waals surface area (Å²) >= 11 is 0. The molecular weight excluding hydrogens is 234 g/mol. The summed E-state index contributed by atoms with van der Waals surface area (Å²) in [6, 6.07) is 0.529. The van der Waals surface area contributed by atoms with E-state index in [1.165, 1.54) is 38.5 Å². The van der Waals surface area contributed by atoms with Gasteiger partial charge in [-0.05, 0) is 37.1 Å². The van der Waals surface area contributed by atoms with Gasteiger partial charge in [0, 0.05) is 12.6 Å². The molecule has 114 valence electrons. The first-order valence-corrected chi connectivity index (χ1v) is 8.40. The van der Waals surface area contributed by atoms with Crippen LogP contribution in [0.4, 0.5) is 0 Å². The van der Waals surface area contributed by atoms with Crippen molar-refractivity contribution in [2.45, 2.75) is 85.3 Å². The highest BCUT2D eigenvalue weighted by molar-refractivity contribution is 4.97. The molecule has 1 aliphatic carbocycles. The molecule has 3 atom stereocenters. The van der Waals surface area contributed by atoms with Crippen LogP contribution in [-0.2, 0) is 4.74 Å². The molecule has 2 heteroatoms. The standard InChI is InChI=1S/C17H35NO/c1-6-9-10-14(7-2)13-19-15-11-12-17(4,5)16(15)18-8-3/h14-16,18H,6-13H2,1-5H3. The summed E-state index contributed by atoms with van der Waals surface area (Å²) < 4.78 is 6.29. The lowest BCUT2D eigenvalue weighted by atomic mass is 9.87. The molecule has 1 N–H and O–H groups in total. The van der Waals surface area contributed by atoms with E-state index < -0.39 is 0 Å². The number of hydrogen-bond acceptors (Lipinski definition) is 2. The first-order valence-electron chi connectivity index (χ1n) is 8.40. The van der Waals surface area contributed by atoms with E-state index in [0.29, 0.717) is 17.6 Å². The van der Waals surface area contributed by atoms with Crippen LogP contribution < -0.4 is 5.32 Å². The Balaban J connectivity index is 2.42. The molecule has 0 heterocycles.